The Morgan fingerprint density at radius 3 is 2.62 bits per heavy atom. The lowest BCUT2D eigenvalue weighted by Gasteiger charge is -2.36. The van der Waals surface area contributed by atoms with Gasteiger partial charge in [-0.05, 0) is 31.0 Å². The number of rotatable bonds is 5. The molecule has 0 unspecified atom stereocenters. The fourth-order valence-electron chi connectivity index (χ4n) is 2.96. The minimum atomic E-state index is -0.418. The van der Waals surface area contributed by atoms with E-state index in [1.54, 1.807) is 12.1 Å². The molecule has 1 aromatic carbocycles. The highest BCUT2D eigenvalue weighted by Crippen LogP contribution is 2.29. The van der Waals surface area contributed by atoms with Crippen molar-refractivity contribution in [3.05, 3.63) is 29.6 Å². The Hall–Kier alpha value is -1.82. The maximum absolute atomic E-state index is 14.4. The molecular formula is C15H22FN3O2. The third-order valence-corrected chi connectivity index (χ3v) is 4.02. The van der Waals surface area contributed by atoms with Gasteiger partial charge in [0.25, 0.3) is 0 Å². The summed E-state index contributed by atoms with van der Waals surface area (Å²) < 4.78 is 14.4. The van der Waals surface area contributed by atoms with Crippen LogP contribution < -0.4 is 10.6 Å². The number of anilines is 1. The van der Waals surface area contributed by atoms with Crippen LogP contribution in [0.2, 0.25) is 0 Å². The highest BCUT2D eigenvalue weighted by atomic mass is 19.1. The number of hydrogen-bond donors (Lipinski definition) is 3. The second-order valence-corrected chi connectivity index (χ2v) is 5.36. The molecule has 1 aliphatic rings. The van der Waals surface area contributed by atoms with E-state index in [2.05, 4.69) is 5.16 Å². The highest BCUT2D eigenvalue weighted by Gasteiger charge is 2.23. The van der Waals surface area contributed by atoms with Gasteiger partial charge in [0.15, 0.2) is 5.84 Å². The van der Waals surface area contributed by atoms with Gasteiger partial charge in [-0.25, -0.2) is 4.39 Å². The van der Waals surface area contributed by atoms with E-state index < -0.39 is 5.82 Å². The molecule has 0 amide bonds. The van der Waals surface area contributed by atoms with Crippen molar-refractivity contribution >= 4 is 11.5 Å². The molecule has 6 heteroatoms. The number of nitrogens with two attached hydrogens (primary N) is 1. The summed E-state index contributed by atoms with van der Waals surface area (Å²) in [5, 5.41) is 20.8. The number of halogens is 1. The van der Waals surface area contributed by atoms with E-state index in [0.717, 1.165) is 25.7 Å². The Labute approximate surface area is 123 Å². The summed E-state index contributed by atoms with van der Waals surface area (Å²) in [5.41, 5.74) is 6.27. The van der Waals surface area contributed by atoms with E-state index in [1.807, 2.05) is 4.90 Å². The summed E-state index contributed by atoms with van der Waals surface area (Å²) >= 11 is 0. The van der Waals surface area contributed by atoms with Crippen LogP contribution in [0.3, 0.4) is 0 Å². The fraction of sp³-hybridized carbons (Fsp3) is 0.533. The molecule has 1 aromatic rings. The predicted octanol–water partition coefficient (Wildman–Crippen LogP) is 2.05. The normalized spacial score (nSPS) is 17.0. The van der Waals surface area contributed by atoms with Gasteiger partial charge in [-0.1, -0.05) is 24.4 Å². The first-order valence-corrected chi connectivity index (χ1v) is 7.32. The number of benzene rings is 1. The Kier molecular flexibility index (Phi) is 5.38. The molecule has 0 heterocycles. The second-order valence-electron chi connectivity index (χ2n) is 5.36. The summed E-state index contributed by atoms with van der Waals surface area (Å²) in [4.78, 5) is 1.94. The molecule has 116 valence electrons. The van der Waals surface area contributed by atoms with Gasteiger partial charge in [-0.2, -0.15) is 0 Å². The molecule has 0 bridgehead atoms. The minimum Gasteiger partial charge on any atom is -0.409 e. The average molecular weight is 295 g/mol. The largest absolute Gasteiger partial charge is 0.409 e. The van der Waals surface area contributed by atoms with Crippen molar-refractivity contribution in [2.24, 2.45) is 10.9 Å². The molecule has 2 rings (SSSR count). The molecule has 0 spiro atoms. The molecule has 1 fully saturated rings. The predicted molar refractivity (Wildman–Crippen MR) is 80.2 cm³/mol. The zero-order valence-electron chi connectivity index (χ0n) is 12.0. The molecular weight excluding hydrogens is 273 g/mol. The summed E-state index contributed by atoms with van der Waals surface area (Å²) in [7, 11) is 0. The lowest BCUT2D eigenvalue weighted by atomic mass is 9.93. The van der Waals surface area contributed by atoms with Crippen molar-refractivity contribution in [1.82, 2.24) is 0 Å². The van der Waals surface area contributed by atoms with E-state index >= 15 is 0 Å². The monoisotopic (exact) mass is 295 g/mol. The van der Waals surface area contributed by atoms with Gasteiger partial charge in [-0.15, -0.1) is 0 Å². The van der Waals surface area contributed by atoms with Crippen LogP contribution >= 0.6 is 0 Å². The summed E-state index contributed by atoms with van der Waals surface area (Å²) in [6.07, 6.45) is 5.52. The Balaban J connectivity index is 2.27. The Morgan fingerprint density at radius 2 is 2.05 bits per heavy atom. The number of aliphatic hydroxyl groups is 1. The molecule has 0 atom stereocenters. The third-order valence-electron chi connectivity index (χ3n) is 4.02. The molecule has 0 saturated heterocycles. The number of hydrogen-bond acceptors (Lipinski definition) is 4. The van der Waals surface area contributed by atoms with Crippen LogP contribution in [0.25, 0.3) is 0 Å². The number of amidine groups is 1. The van der Waals surface area contributed by atoms with E-state index in [1.165, 1.54) is 12.5 Å². The average Bonchev–Trinajstić information content (AvgIpc) is 2.53. The van der Waals surface area contributed by atoms with E-state index in [-0.39, 0.29) is 18.5 Å². The molecule has 1 aliphatic carbocycles. The molecule has 1 saturated carbocycles. The first-order valence-electron chi connectivity index (χ1n) is 7.32. The van der Waals surface area contributed by atoms with Crippen LogP contribution in [0, 0.1) is 5.82 Å². The quantitative estimate of drug-likeness (QED) is 0.336. The van der Waals surface area contributed by atoms with Gasteiger partial charge < -0.3 is 20.9 Å². The van der Waals surface area contributed by atoms with Gasteiger partial charge in [0.05, 0.1) is 12.3 Å². The van der Waals surface area contributed by atoms with Crippen LogP contribution in [0.5, 0.6) is 0 Å². The van der Waals surface area contributed by atoms with Crippen molar-refractivity contribution in [2.45, 2.75) is 38.1 Å². The minimum absolute atomic E-state index is 0.0159. The van der Waals surface area contributed by atoms with Gasteiger partial charge in [0, 0.05) is 18.2 Å². The first-order chi connectivity index (χ1) is 10.2. The smallest absolute Gasteiger partial charge is 0.170 e. The molecule has 21 heavy (non-hydrogen) atoms. The van der Waals surface area contributed by atoms with Crippen LogP contribution in [0.4, 0.5) is 10.1 Å². The van der Waals surface area contributed by atoms with E-state index in [9.17, 15) is 9.50 Å². The van der Waals surface area contributed by atoms with Gasteiger partial charge in [0.2, 0.25) is 0 Å². The van der Waals surface area contributed by atoms with Crippen molar-refractivity contribution in [3.8, 4) is 0 Å². The van der Waals surface area contributed by atoms with Crippen molar-refractivity contribution in [3.63, 3.8) is 0 Å². The standard InChI is InChI=1S/C15H22FN3O2/c16-13-10-11(15(17)18-21)6-7-14(13)19(8-9-20)12-4-2-1-3-5-12/h6-7,10,12,20-21H,1-5,8-9H2,(H2,17,18). The topological polar surface area (TPSA) is 82.1 Å². The molecule has 0 aliphatic heterocycles. The van der Waals surface area contributed by atoms with Crippen molar-refractivity contribution < 1.29 is 14.7 Å². The lowest BCUT2D eigenvalue weighted by molar-refractivity contribution is 0.289. The summed E-state index contributed by atoms with van der Waals surface area (Å²) in [6, 6.07) is 4.78. The zero-order chi connectivity index (χ0) is 15.2. The van der Waals surface area contributed by atoms with E-state index in [0.29, 0.717) is 17.8 Å². The van der Waals surface area contributed by atoms with E-state index in [4.69, 9.17) is 10.9 Å². The van der Waals surface area contributed by atoms with Gasteiger partial charge in [-0.3, -0.25) is 0 Å². The fourth-order valence-corrected chi connectivity index (χ4v) is 2.96. The van der Waals surface area contributed by atoms with Crippen LogP contribution in [0.1, 0.15) is 37.7 Å². The SMILES string of the molecule is NC(=NO)c1ccc(N(CCO)C2CCCCC2)c(F)c1. The lowest BCUT2D eigenvalue weighted by Crippen LogP contribution is -2.39. The van der Waals surface area contributed by atoms with Crippen LogP contribution in [0.15, 0.2) is 23.4 Å². The number of aliphatic hydroxyl groups excluding tert-OH is 1. The Morgan fingerprint density at radius 1 is 1.33 bits per heavy atom. The Bertz CT molecular complexity index is 502. The number of nitrogens with zero attached hydrogens (tertiary/aromatic N) is 2. The van der Waals surface area contributed by atoms with Crippen LogP contribution in [-0.4, -0.2) is 35.3 Å². The second kappa shape index (κ2) is 7.26. The van der Waals surface area contributed by atoms with Crippen molar-refractivity contribution in [2.75, 3.05) is 18.1 Å². The first kappa shape index (κ1) is 15.6. The van der Waals surface area contributed by atoms with Crippen LogP contribution in [-0.2, 0) is 0 Å². The molecule has 0 aromatic heterocycles. The maximum Gasteiger partial charge on any atom is 0.170 e. The molecule has 0 radical (unpaired) electrons. The summed E-state index contributed by atoms with van der Waals surface area (Å²) in [6.45, 7) is 0.391. The zero-order valence-corrected chi connectivity index (χ0v) is 12.0. The molecule has 5 nitrogen and oxygen atoms in total. The third kappa shape index (κ3) is 3.64. The van der Waals surface area contributed by atoms with Gasteiger partial charge in [0.1, 0.15) is 5.82 Å². The highest BCUT2D eigenvalue weighted by molar-refractivity contribution is 5.97. The molecule has 4 N–H and O–H groups in total. The number of oxime groups is 1. The summed E-state index contributed by atoms with van der Waals surface area (Å²) in [5.74, 6) is -0.537. The maximum atomic E-state index is 14.4. The van der Waals surface area contributed by atoms with Crippen molar-refractivity contribution in [1.29, 1.82) is 0 Å². The van der Waals surface area contributed by atoms with Gasteiger partial charge >= 0.3 is 0 Å².